The Kier molecular flexibility index (Phi) is 3.96. The van der Waals surface area contributed by atoms with Gasteiger partial charge in [0.15, 0.2) is 11.5 Å². The topological polar surface area (TPSA) is 64.6 Å². The Bertz CT molecular complexity index is 766. The molecule has 0 saturated heterocycles. The summed E-state index contributed by atoms with van der Waals surface area (Å²) in [5, 5.41) is 0. The van der Waals surface area contributed by atoms with Crippen molar-refractivity contribution in [2.24, 2.45) is 0 Å². The van der Waals surface area contributed by atoms with Crippen molar-refractivity contribution in [3.8, 4) is 11.5 Å². The minimum absolute atomic E-state index is 0.201. The molecule has 1 aromatic heterocycles. The van der Waals surface area contributed by atoms with Crippen LogP contribution in [0.1, 0.15) is 11.1 Å². The predicted octanol–water partition coefficient (Wildman–Crippen LogP) is 3.03. The number of nitrogens with one attached hydrogen (secondary N) is 1. The second kappa shape index (κ2) is 5.60. The largest absolute Gasteiger partial charge is 0.454 e. The van der Waals surface area contributed by atoms with E-state index in [0.717, 1.165) is 14.9 Å². The van der Waals surface area contributed by atoms with Crippen LogP contribution in [-0.2, 0) is 16.6 Å². The Labute approximate surface area is 135 Å². The summed E-state index contributed by atoms with van der Waals surface area (Å²) in [5.41, 5.74) is 1.72. The second-order valence-corrected chi connectivity index (χ2v) is 8.90. The van der Waals surface area contributed by atoms with Crippen LogP contribution in [0.2, 0.25) is 0 Å². The van der Waals surface area contributed by atoms with Crippen molar-refractivity contribution in [2.75, 3.05) is 6.79 Å². The summed E-state index contributed by atoms with van der Waals surface area (Å²) in [6.45, 7) is 2.26. The maximum atomic E-state index is 12.2. The number of benzene rings is 1. The van der Waals surface area contributed by atoms with Gasteiger partial charge >= 0.3 is 0 Å². The lowest BCUT2D eigenvalue weighted by atomic mass is 10.2. The van der Waals surface area contributed by atoms with E-state index in [0.29, 0.717) is 15.7 Å². The first kappa shape index (κ1) is 14.8. The van der Waals surface area contributed by atoms with Crippen molar-refractivity contribution in [3.63, 3.8) is 0 Å². The lowest BCUT2D eigenvalue weighted by molar-refractivity contribution is 0.174. The molecule has 0 aliphatic carbocycles. The molecule has 2 aromatic rings. The van der Waals surface area contributed by atoms with Crippen LogP contribution >= 0.6 is 27.3 Å². The summed E-state index contributed by atoms with van der Waals surface area (Å²) in [6.07, 6.45) is 0. The Morgan fingerprint density at radius 2 is 2.05 bits per heavy atom. The molecule has 1 aliphatic heterocycles. The van der Waals surface area contributed by atoms with Gasteiger partial charge in [-0.25, -0.2) is 13.1 Å². The molecule has 0 saturated carbocycles. The van der Waals surface area contributed by atoms with Gasteiger partial charge in [-0.3, -0.25) is 0 Å². The van der Waals surface area contributed by atoms with E-state index in [1.807, 2.05) is 13.0 Å². The first-order valence-electron chi connectivity index (χ1n) is 6.10. The average Bonchev–Trinajstić information content (AvgIpc) is 3.04. The molecule has 0 amide bonds. The van der Waals surface area contributed by atoms with Crippen molar-refractivity contribution < 1.29 is 17.9 Å². The maximum Gasteiger partial charge on any atom is 0.250 e. The van der Waals surface area contributed by atoms with Gasteiger partial charge in [0.05, 0.1) is 3.79 Å². The van der Waals surface area contributed by atoms with Gasteiger partial charge in [-0.05, 0) is 52.2 Å². The highest BCUT2D eigenvalue weighted by Crippen LogP contribution is 2.33. The molecule has 3 rings (SSSR count). The molecular weight excluding hydrogens is 378 g/mol. The molecule has 0 spiro atoms. The molecule has 21 heavy (non-hydrogen) atoms. The van der Waals surface area contributed by atoms with Gasteiger partial charge in [-0.1, -0.05) is 6.07 Å². The van der Waals surface area contributed by atoms with Crippen LogP contribution in [0.25, 0.3) is 0 Å². The van der Waals surface area contributed by atoms with E-state index in [4.69, 9.17) is 9.47 Å². The molecule has 0 atom stereocenters. The smallest absolute Gasteiger partial charge is 0.250 e. The van der Waals surface area contributed by atoms with Crippen molar-refractivity contribution >= 4 is 37.3 Å². The normalized spacial score (nSPS) is 13.6. The number of halogens is 1. The number of aryl methyl sites for hydroxylation is 1. The van der Waals surface area contributed by atoms with Gasteiger partial charge in [0.1, 0.15) is 4.21 Å². The summed E-state index contributed by atoms with van der Waals surface area (Å²) >= 11 is 4.53. The van der Waals surface area contributed by atoms with Crippen molar-refractivity contribution in [1.29, 1.82) is 0 Å². The van der Waals surface area contributed by atoms with Gasteiger partial charge in [-0.15, -0.1) is 11.3 Å². The number of hydrogen-bond donors (Lipinski definition) is 1. The number of rotatable bonds is 4. The SMILES string of the molecule is Cc1cc(S(=O)(=O)NCc2ccc3c(c2)OCO3)sc1Br. The predicted molar refractivity (Wildman–Crippen MR) is 83.3 cm³/mol. The molecule has 1 aromatic carbocycles. The minimum Gasteiger partial charge on any atom is -0.454 e. The first-order chi connectivity index (χ1) is 9.95. The van der Waals surface area contributed by atoms with E-state index in [9.17, 15) is 8.42 Å². The molecular formula is C13H12BrNO4S2. The summed E-state index contributed by atoms with van der Waals surface area (Å²) in [4.78, 5) is 0. The summed E-state index contributed by atoms with van der Waals surface area (Å²) in [7, 11) is -3.51. The fourth-order valence-corrected chi connectivity index (χ4v) is 5.15. The molecule has 1 N–H and O–H groups in total. The lowest BCUT2D eigenvalue weighted by Crippen LogP contribution is -2.22. The van der Waals surface area contributed by atoms with Crippen molar-refractivity contribution in [2.45, 2.75) is 17.7 Å². The van der Waals surface area contributed by atoms with Crippen LogP contribution < -0.4 is 14.2 Å². The number of thiophene rings is 1. The highest BCUT2D eigenvalue weighted by molar-refractivity contribution is 9.11. The summed E-state index contributed by atoms with van der Waals surface area (Å²) in [6, 6.07) is 7.01. The fourth-order valence-electron chi connectivity index (χ4n) is 1.86. The van der Waals surface area contributed by atoms with E-state index < -0.39 is 10.0 Å². The lowest BCUT2D eigenvalue weighted by Gasteiger charge is -2.05. The molecule has 0 fully saturated rings. The Morgan fingerprint density at radius 3 is 2.76 bits per heavy atom. The highest BCUT2D eigenvalue weighted by atomic mass is 79.9. The molecule has 5 nitrogen and oxygen atoms in total. The molecule has 0 bridgehead atoms. The number of sulfonamides is 1. The fraction of sp³-hybridized carbons (Fsp3) is 0.231. The summed E-state index contributed by atoms with van der Waals surface area (Å²) in [5.74, 6) is 1.32. The van der Waals surface area contributed by atoms with Crippen molar-refractivity contribution in [1.82, 2.24) is 4.72 Å². The van der Waals surface area contributed by atoms with Crippen LogP contribution in [-0.4, -0.2) is 15.2 Å². The van der Waals surface area contributed by atoms with Gasteiger partial charge < -0.3 is 9.47 Å². The third-order valence-corrected chi connectivity index (χ3v) is 7.01. The number of ether oxygens (including phenoxy) is 2. The standard InChI is InChI=1S/C13H12BrNO4S2/c1-8-4-12(20-13(8)14)21(16,17)15-6-9-2-3-10-11(5-9)19-7-18-10/h2-5,15H,6-7H2,1H3. The zero-order valence-electron chi connectivity index (χ0n) is 11.1. The van der Waals surface area contributed by atoms with E-state index in [-0.39, 0.29) is 13.3 Å². The Balaban J connectivity index is 1.75. The van der Waals surface area contributed by atoms with Crippen LogP contribution in [0.3, 0.4) is 0 Å². The third-order valence-electron chi connectivity index (χ3n) is 3.00. The Morgan fingerprint density at radius 1 is 1.29 bits per heavy atom. The molecule has 1 aliphatic rings. The highest BCUT2D eigenvalue weighted by Gasteiger charge is 2.19. The quantitative estimate of drug-likeness (QED) is 0.872. The zero-order valence-corrected chi connectivity index (χ0v) is 14.3. The van der Waals surface area contributed by atoms with Gasteiger partial charge in [-0.2, -0.15) is 0 Å². The van der Waals surface area contributed by atoms with E-state index in [1.165, 1.54) is 11.3 Å². The summed E-state index contributed by atoms with van der Waals surface area (Å²) < 4.78 is 38.7. The van der Waals surface area contributed by atoms with Crippen LogP contribution in [0, 0.1) is 6.92 Å². The maximum absolute atomic E-state index is 12.2. The van der Waals surface area contributed by atoms with Crippen LogP contribution in [0.4, 0.5) is 0 Å². The third kappa shape index (κ3) is 3.08. The number of fused-ring (bicyclic) bond motifs is 1. The molecule has 8 heteroatoms. The van der Waals surface area contributed by atoms with Crippen LogP contribution in [0.5, 0.6) is 11.5 Å². The zero-order chi connectivity index (χ0) is 15.0. The van der Waals surface area contributed by atoms with Crippen molar-refractivity contribution in [3.05, 3.63) is 39.2 Å². The molecule has 112 valence electrons. The van der Waals surface area contributed by atoms with Gasteiger partial charge in [0.25, 0.3) is 0 Å². The first-order valence-corrected chi connectivity index (χ1v) is 9.19. The minimum atomic E-state index is -3.51. The van der Waals surface area contributed by atoms with Gasteiger partial charge in [0, 0.05) is 6.54 Å². The monoisotopic (exact) mass is 389 g/mol. The van der Waals surface area contributed by atoms with E-state index in [2.05, 4.69) is 20.7 Å². The molecule has 0 radical (unpaired) electrons. The van der Waals surface area contributed by atoms with Crippen LogP contribution in [0.15, 0.2) is 32.3 Å². The number of hydrogen-bond acceptors (Lipinski definition) is 5. The molecule has 2 heterocycles. The average molecular weight is 390 g/mol. The Hall–Kier alpha value is -1.09. The van der Waals surface area contributed by atoms with Gasteiger partial charge in [0.2, 0.25) is 16.8 Å². The van der Waals surface area contributed by atoms with E-state index >= 15 is 0 Å². The molecule has 0 unspecified atom stereocenters. The van der Waals surface area contributed by atoms with E-state index in [1.54, 1.807) is 18.2 Å². The second-order valence-electron chi connectivity index (χ2n) is 4.53.